The smallest absolute Gasteiger partial charge is 0.327 e. The molecule has 0 bridgehead atoms. The lowest BCUT2D eigenvalue weighted by atomic mass is 9.77. The van der Waals surface area contributed by atoms with Gasteiger partial charge in [0.1, 0.15) is 0 Å². The standard InChI is InChI=1S/C30H37N3O6/c1-20-4-6-21(7-5-20)18-32-25-17-27(38-3)26(37-2)16-24(25)29(35)33(30(32)36)19-22-8-10-23(11-9-22)28(34)31-12-14-39-15-13-31/h4-11,24-27H,12-19H2,1-3H3. The molecule has 5 rings (SSSR count). The van der Waals surface area contributed by atoms with Crippen LogP contribution < -0.4 is 0 Å². The van der Waals surface area contributed by atoms with Crippen molar-refractivity contribution >= 4 is 17.8 Å². The average molecular weight is 536 g/mol. The van der Waals surface area contributed by atoms with E-state index in [2.05, 4.69) is 0 Å². The van der Waals surface area contributed by atoms with E-state index in [1.54, 1.807) is 31.3 Å². The van der Waals surface area contributed by atoms with Gasteiger partial charge >= 0.3 is 6.03 Å². The highest BCUT2D eigenvalue weighted by atomic mass is 16.5. The third-order valence-corrected chi connectivity index (χ3v) is 8.22. The first-order chi connectivity index (χ1) is 18.9. The highest BCUT2D eigenvalue weighted by molar-refractivity contribution is 5.99. The van der Waals surface area contributed by atoms with Crippen molar-refractivity contribution in [2.24, 2.45) is 5.92 Å². The van der Waals surface area contributed by atoms with E-state index in [1.807, 2.05) is 48.2 Å². The minimum Gasteiger partial charge on any atom is -0.379 e. The number of carbonyl (C=O) groups excluding carboxylic acids is 3. The Bertz CT molecular complexity index is 1180. The third-order valence-electron chi connectivity index (χ3n) is 8.22. The molecule has 2 aromatic carbocycles. The molecule has 2 aromatic rings. The lowest BCUT2D eigenvalue weighted by molar-refractivity contribution is -0.152. The number of nitrogens with zero attached hydrogens (tertiary/aromatic N) is 3. The predicted molar refractivity (Wildman–Crippen MR) is 144 cm³/mol. The van der Waals surface area contributed by atoms with Crippen LogP contribution in [0.4, 0.5) is 4.79 Å². The minimum atomic E-state index is -0.383. The van der Waals surface area contributed by atoms with E-state index >= 15 is 0 Å². The number of amides is 4. The quantitative estimate of drug-likeness (QED) is 0.541. The first-order valence-corrected chi connectivity index (χ1v) is 13.6. The fourth-order valence-corrected chi connectivity index (χ4v) is 5.92. The van der Waals surface area contributed by atoms with Gasteiger partial charge < -0.3 is 24.0 Å². The molecule has 3 fully saturated rings. The minimum absolute atomic E-state index is 0.0393. The maximum absolute atomic E-state index is 13.9. The molecule has 2 heterocycles. The van der Waals surface area contributed by atoms with Crippen LogP contribution in [0.3, 0.4) is 0 Å². The predicted octanol–water partition coefficient (Wildman–Crippen LogP) is 3.24. The van der Waals surface area contributed by atoms with Gasteiger partial charge in [0.25, 0.3) is 5.91 Å². The van der Waals surface area contributed by atoms with E-state index in [0.29, 0.717) is 51.3 Å². The molecule has 2 aliphatic heterocycles. The van der Waals surface area contributed by atoms with Crippen LogP contribution in [0.2, 0.25) is 0 Å². The second kappa shape index (κ2) is 11.9. The Balaban J connectivity index is 1.38. The molecule has 0 aromatic heterocycles. The number of rotatable bonds is 7. The lowest BCUT2D eigenvalue weighted by Crippen LogP contribution is -2.64. The summed E-state index contributed by atoms with van der Waals surface area (Å²) in [5, 5.41) is 0. The highest BCUT2D eigenvalue weighted by Gasteiger charge is 2.51. The largest absolute Gasteiger partial charge is 0.379 e. The van der Waals surface area contributed by atoms with Crippen LogP contribution in [0, 0.1) is 12.8 Å². The van der Waals surface area contributed by atoms with Crippen LogP contribution in [-0.2, 0) is 32.1 Å². The van der Waals surface area contributed by atoms with Crippen molar-refractivity contribution in [2.45, 2.75) is 51.1 Å². The zero-order chi connectivity index (χ0) is 27.5. The average Bonchev–Trinajstić information content (AvgIpc) is 2.98. The van der Waals surface area contributed by atoms with Crippen LogP contribution >= 0.6 is 0 Å². The van der Waals surface area contributed by atoms with Gasteiger partial charge in [-0.25, -0.2) is 4.79 Å². The number of ether oxygens (including phenoxy) is 3. The van der Waals surface area contributed by atoms with Crippen molar-refractivity contribution in [3.05, 3.63) is 70.8 Å². The molecule has 2 saturated heterocycles. The summed E-state index contributed by atoms with van der Waals surface area (Å²) in [5.41, 5.74) is 3.53. The van der Waals surface area contributed by atoms with Gasteiger partial charge in [-0.05, 0) is 43.0 Å². The normalized spacial score (nSPS) is 25.6. The number of hydrogen-bond donors (Lipinski definition) is 0. The fraction of sp³-hybridized carbons (Fsp3) is 0.500. The van der Waals surface area contributed by atoms with Crippen LogP contribution in [0.1, 0.15) is 39.9 Å². The van der Waals surface area contributed by atoms with E-state index in [9.17, 15) is 14.4 Å². The maximum atomic E-state index is 13.9. The van der Waals surface area contributed by atoms with Crippen molar-refractivity contribution in [1.82, 2.24) is 14.7 Å². The zero-order valence-electron chi connectivity index (χ0n) is 22.9. The highest BCUT2D eigenvalue weighted by Crippen LogP contribution is 2.38. The van der Waals surface area contributed by atoms with Gasteiger partial charge in [-0.1, -0.05) is 42.0 Å². The summed E-state index contributed by atoms with van der Waals surface area (Å²) in [6, 6.07) is 14.7. The molecular weight excluding hydrogens is 498 g/mol. The summed E-state index contributed by atoms with van der Waals surface area (Å²) < 4.78 is 16.7. The number of hydrogen-bond acceptors (Lipinski definition) is 6. The number of urea groups is 1. The lowest BCUT2D eigenvalue weighted by Gasteiger charge is -2.50. The van der Waals surface area contributed by atoms with Gasteiger partial charge in [0.2, 0.25) is 5.91 Å². The Morgan fingerprint density at radius 3 is 2.10 bits per heavy atom. The fourth-order valence-electron chi connectivity index (χ4n) is 5.92. The van der Waals surface area contributed by atoms with E-state index < -0.39 is 0 Å². The molecule has 208 valence electrons. The molecule has 0 radical (unpaired) electrons. The molecular formula is C30H37N3O6. The van der Waals surface area contributed by atoms with Crippen LogP contribution in [0.15, 0.2) is 48.5 Å². The summed E-state index contributed by atoms with van der Waals surface area (Å²) in [6.07, 6.45) is 0.608. The van der Waals surface area contributed by atoms with E-state index in [-0.39, 0.29) is 48.6 Å². The second-order valence-corrected chi connectivity index (χ2v) is 10.6. The molecule has 0 spiro atoms. The summed E-state index contributed by atoms with van der Waals surface area (Å²) in [5.74, 6) is -0.607. The van der Waals surface area contributed by atoms with Crippen molar-refractivity contribution in [3.8, 4) is 0 Å². The molecule has 1 saturated carbocycles. The number of aryl methyl sites for hydroxylation is 1. The maximum Gasteiger partial charge on any atom is 0.327 e. The van der Waals surface area contributed by atoms with Gasteiger partial charge in [0.05, 0.1) is 37.9 Å². The Labute approximate surface area is 229 Å². The van der Waals surface area contributed by atoms with Gasteiger partial charge in [0, 0.05) is 45.5 Å². The molecule has 0 N–H and O–H groups in total. The van der Waals surface area contributed by atoms with Crippen molar-refractivity contribution in [3.63, 3.8) is 0 Å². The molecule has 4 atom stereocenters. The van der Waals surface area contributed by atoms with Crippen LogP contribution in [0.5, 0.6) is 0 Å². The van der Waals surface area contributed by atoms with Gasteiger partial charge in [-0.15, -0.1) is 0 Å². The van der Waals surface area contributed by atoms with E-state index in [4.69, 9.17) is 14.2 Å². The Kier molecular flexibility index (Phi) is 8.30. The molecule has 3 aliphatic rings. The monoisotopic (exact) mass is 535 g/mol. The molecule has 9 nitrogen and oxygen atoms in total. The Hall–Kier alpha value is -3.27. The second-order valence-electron chi connectivity index (χ2n) is 10.6. The van der Waals surface area contributed by atoms with Crippen LogP contribution in [-0.4, -0.2) is 91.3 Å². The van der Waals surface area contributed by atoms with Gasteiger partial charge in [0.15, 0.2) is 0 Å². The summed E-state index contributed by atoms with van der Waals surface area (Å²) in [4.78, 5) is 45.4. The first-order valence-electron chi connectivity index (χ1n) is 13.6. The Morgan fingerprint density at radius 2 is 1.46 bits per heavy atom. The number of benzene rings is 2. The topological polar surface area (TPSA) is 88.6 Å². The number of imide groups is 1. The van der Waals surface area contributed by atoms with Crippen molar-refractivity contribution in [2.75, 3.05) is 40.5 Å². The molecule has 1 aliphatic carbocycles. The third kappa shape index (κ3) is 5.71. The summed E-state index contributed by atoms with van der Waals surface area (Å²) in [7, 11) is 3.28. The summed E-state index contributed by atoms with van der Waals surface area (Å²) >= 11 is 0. The zero-order valence-corrected chi connectivity index (χ0v) is 22.9. The van der Waals surface area contributed by atoms with Gasteiger partial charge in [-0.3, -0.25) is 14.5 Å². The molecule has 9 heteroatoms. The number of methoxy groups -OCH3 is 2. The van der Waals surface area contributed by atoms with Gasteiger partial charge in [-0.2, -0.15) is 0 Å². The van der Waals surface area contributed by atoms with E-state index in [0.717, 1.165) is 16.7 Å². The van der Waals surface area contributed by atoms with Crippen molar-refractivity contribution in [1.29, 1.82) is 0 Å². The molecule has 4 amide bonds. The van der Waals surface area contributed by atoms with Crippen LogP contribution in [0.25, 0.3) is 0 Å². The van der Waals surface area contributed by atoms with E-state index in [1.165, 1.54) is 4.90 Å². The molecule has 4 unspecified atom stereocenters. The number of morpholine rings is 1. The Morgan fingerprint density at radius 1 is 0.872 bits per heavy atom. The first kappa shape index (κ1) is 27.3. The number of carbonyl (C=O) groups is 3. The molecule has 39 heavy (non-hydrogen) atoms. The van der Waals surface area contributed by atoms with Crippen molar-refractivity contribution < 1.29 is 28.6 Å². The summed E-state index contributed by atoms with van der Waals surface area (Å²) in [6.45, 7) is 4.81. The number of fused-ring (bicyclic) bond motifs is 1. The SMILES string of the molecule is COC1CC2C(=O)N(Cc3ccc(C(=O)N4CCOCC4)cc3)C(=O)N(Cc3ccc(C)cc3)C2CC1OC.